The van der Waals surface area contributed by atoms with E-state index in [1.807, 2.05) is 0 Å². The maximum absolute atomic E-state index is 5.97. The summed E-state index contributed by atoms with van der Waals surface area (Å²) in [4.78, 5) is 0.678. The third-order valence-corrected chi connectivity index (χ3v) is 5.48. The maximum atomic E-state index is 5.97. The summed E-state index contributed by atoms with van der Waals surface area (Å²) in [5.74, 6) is 0. The van der Waals surface area contributed by atoms with Crippen molar-refractivity contribution in [1.29, 1.82) is 0 Å². The molecule has 0 aromatic rings. The fraction of sp³-hybridized carbons (Fsp3) is 1.00. The van der Waals surface area contributed by atoms with Gasteiger partial charge in [-0.25, -0.2) is 0 Å². The van der Waals surface area contributed by atoms with Crippen LogP contribution < -0.4 is 0 Å². The Morgan fingerprint density at radius 1 is 1.12 bits per heavy atom. The second kappa shape index (κ2) is 6.50. The van der Waals surface area contributed by atoms with Gasteiger partial charge in [-0.15, -0.1) is 0 Å². The molecule has 2 aliphatic rings. The van der Waals surface area contributed by atoms with E-state index in [2.05, 4.69) is 15.9 Å². The molecular weight excluding hydrogens is 284 g/mol. The third kappa shape index (κ3) is 3.03. The zero-order valence-electron chi connectivity index (χ0n) is 10.6. The van der Waals surface area contributed by atoms with Crippen LogP contribution in [0.2, 0.25) is 0 Å². The molecule has 2 fully saturated rings. The van der Waals surface area contributed by atoms with Gasteiger partial charge >= 0.3 is 0 Å². The lowest BCUT2D eigenvalue weighted by atomic mass is 9.65. The predicted molar refractivity (Wildman–Crippen MR) is 70.7 cm³/mol. The van der Waals surface area contributed by atoms with Crippen LogP contribution in [0.15, 0.2) is 0 Å². The molecule has 3 nitrogen and oxygen atoms in total. The van der Waals surface area contributed by atoms with Crippen molar-refractivity contribution in [2.24, 2.45) is 5.41 Å². The van der Waals surface area contributed by atoms with E-state index in [0.29, 0.717) is 36.2 Å². The Morgan fingerprint density at radius 2 is 1.82 bits per heavy atom. The van der Waals surface area contributed by atoms with Crippen molar-refractivity contribution < 1.29 is 14.2 Å². The van der Waals surface area contributed by atoms with Gasteiger partial charge in [-0.3, -0.25) is 0 Å². The molecule has 2 saturated carbocycles. The average molecular weight is 307 g/mol. The highest BCUT2D eigenvalue weighted by atomic mass is 79.9. The van der Waals surface area contributed by atoms with Gasteiger partial charge in [-0.2, -0.15) is 0 Å². The van der Waals surface area contributed by atoms with Crippen LogP contribution in [0.25, 0.3) is 0 Å². The maximum Gasteiger partial charge on any atom is 0.0704 e. The van der Waals surface area contributed by atoms with Crippen molar-refractivity contribution in [2.45, 2.75) is 43.0 Å². The summed E-state index contributed by atoms with van der Waals surface area (Å²) in [5, 5.41) is 0. The number of ether oxygens (including phenoxy) is 3. The van der Waals surface area contributed by atoms with Gasteiger partial charge in [0.25, 0.3) is 0 Å². The summed E-state index contributed by atoms with van der Waals surface area (Å²) in [6.07, 6.45) is 7.02. The van der Waals surface area contributed by atoms with Crippen LogP contribution in [0.5, 0.6) is 0 Å². The molecule has 2 atom stereocenters. The highest BCUT2D eigenvalue weighted by Crippen LogP contribution is 2.57. The molecular formula is C13H23BrO3. The number of methoxy groups -OCH3 is 1. The Morgan fingerprint density at radius 3 is 2.47 bits per heavy atom. The van der Waals surface area contributed by atoms with E-state index in [0.717, 1.165) is 13.0 Å². The van der Waals surface area contributed by atoms with Gasteiger partial charge in [-0.1, -0.05) is 28.8 Å². The topological polar surface area (TPSA) is 27.7 Å². The summed E-state index contributed by atoms with van der Waals surface area (Å²) in [6, 6.07) is 0. The first-order chi connectivity index (χ1) is 8.29. The van der Waals surface area contributed by atoms with E-state index in [1.54, 1.807) is 7.11 Å². The second-order valence-electron chi connectivity index (χ2n) is 5.11. The zero-order chi connectivity index (χ0) is 12.1. The van der Waals surface area contributed by atoms with E-state index >= 15 is 0 Å². The van der Waals surface area contributed by atoms with Gasteiger partial charge in [-0.05, 0) is 19.3 Å². The minimum Gasteiger partial charge on any atom is -0.382 e. The minimum atomic E-state index is 0.451. The Hall–Kier alpha value is 0.360. The third-order valence-electron chi connectivity index (χ3n) is 4.20. The van der Waals surface area contributed by atoms with Crippen LogP contribution >= 0.6 is 15.9 Å². The molecule has 2 unspecified atom stereocenters. The van der Waals surface area contributed by atoms with Crippen molar-refractivity contribution in [3.63, 3.8) is 0 Å². The number of rotatable bonds is 7. The molecule has 0 bridgehead atoms. The molecule has 2 aliphatic carbocycles. The predicted octanol–water partition coefficient (Wildman–Crippen LogP) is 2.76. The molecule has 0 aromatic heterocycles. The van der Waals surface area contributed by atoms with Crippen LogP contribution in [0, 0.1) is 5.41 Å². The summed E-state index contributed by atoms with van der Waals surface area (Å²) in [5.41, 5.74) is 0.451. The Balaban J connectivity index is 1.60. The van der Waals surface area contributed by atoms with E-state index in [1.165, 1.54) is 25.7 Å². The Labute approximate surface area is 112 Å². The first-order valence-electron chi connectivity index (χ1n) is 6.62. The smallest absolute Gasteiger partial charge is 0.0704 e. The van der Waals surface area contributed by atoms with E-state index < -0.39 is 0 Å². The molecule has 100 valence electrons. The van der Waals surface area contributed by atoms with Gasteiger partial charge in [0, 0.05) is 17.4 Å². The Bertz CT molecular complexity index is 229. The first-order valence-corrected chi connectivity index (χ1v) is 7.53. The summed E-state index contributed by atoms with van der Waals surface area (Å²) in [7, 11) is 1.69. The van der Waals surface area contributed by atoms with Gasteiger partial charge in [0.15, 0.2) is 0 Å². The van der Waals surface area contributed by atoms with Gasteiger partial charge < -0.3 is 14.2 Å². The molecule has 0 aromatic carbocycles. The van der Waals surface area contributed by atoms with Gasteiger partial charge in [0.05, 0.1) is 32.5 Å². The molecule has 0 aliphatic heterocycles. The molecule has 1 spiro atoms. The lowest BCUT2D eigenvalue weighted by Crippen LogP contribution is -2.54. The van der Waals surface area contributed by atoms with Crippen LogP contribution in [0.4, 0.5) is 0 Å². The molecule has 2 rings (SSSR count). The standard InChI is InChI=1S/C13H23BrO3/c1-15-6-7-16-8-9-17-12-10-11(14)13(12)4-2-3-5-13/h11-12H,2-10H2,1H3. The number of alkyl halides is 1. The highest BCUT2D eigenvalue weighted by molar-refractivity contribution is 9.09. The van der Waals surface area contributed by atoms with E-state index in [4.69, 9.17) is 14.2 Å². The zero-order valence-corrected chi connectivity index (χ0v) is 12.2. The van der Waals surface area contributed by atoms with Crippen molar-refractivity contribution in [1.82, 2.24) is 0 Å². The summed E-state index contributed by atoms with van der Waals surface area (Å²) >= 11 is 3.80. The molecule has 0 N–H and O–H groups in total. The first kappa shape index (κ1) is 13.8. The normalized spacial score (nSPS) is 30.7. The van der Waals surface area contributed by atoms with Crippen LogP contribution in [0.1, 0.15) is 32.1 Å². The van der Waals surface area contributed by atoms with Crippen LogP contribution in [-0.4, -0.2) is 44.5 Å². The van der Waals surface area contributed by atoms with Gasteiger partial charge in [0.1, 0.15) is 0 Å². The van der Waals surface area contributed by atoms with Crippen molar-refractivity contribution >= 4 is 15.9 Å². The van der Waals surface area contributed by atoms with Crippen molar-refractivity contribution in [3.8, 4) is 0 Å². The average Bonchev–Trinajstić information content (AvgIpc) is 2.84. The SMILES string of the molecule is COCCOCCOC1CC(Br)C12CCCC2. The number of halogens is 1. The van der Waals surface area contributed by atoms with E-state index in [9.17, 15) is 0 Å². The number of hydrogen-bond acceptors (Lipinski definition) is 3. The lowest BCUT2D eigenvalue weighted by molar-refractivity contribution is -0.113. The molecule has 4 heteroatoms. The number of hydrogen-bond donors (Lipinski definition) is 0. The largest absolute Gasteiger partial charge is 0.382 e. The highest BCUT2D eigenvalue weighted by Gasteiger charge is 2.55. The molecule has 17 heavy (non-hydrogen) atoms. The summed E-state index contributed by atoms with van der Waals surface area (Å²) < 4.78 is 16.3. The molecule has 0 radical (unpaired) electrons. The molecule has 0 saturated heterocycles. The quantitative estimate of drug-likeness (QED) is 0.535. The fourth-order valence-electron chi connectivity index (χ4n) is 3.09. The van der Waals surface area contributed by atoms with E-state index in [-0.39, 0.29) is 0 Å². The molecule has 0 heterocycles. The second-order valence-corrected chi connectivity index (χ2v) is 6.21. The molecule has 0 amide bonds. The van der Waals surface area contributed by atoms with Gasteiger partial charge in [0.2, 0.25) is 0 Å². The van der Waals surface area contributed by atoms with Crippen molar-refractivity contribution in [2.75, 3.05) is 33.5 Å². The monoisotopic (exact) mass is 306 g/mol. The Kier molecular flexibility index (Phi) is 5.27. The minimum absolute atomic E-state index is 0.451. The summed E-state index contributed by atoms with van der Waals surface area (Å²) in [6.45, 7) is 2.73. The fourth-order valence-corrected chi connectivity index (χ4v) is 4.19. The van der Waals surface area contributed by atoms with Crippen molar-refractivity contribution in [3.05, 3.63) is 0 Å². The van der Waals surface area contributed by atoms with Crippen LogP contribution in [0.3, 0.4) is 0 Å². The lowest BCUT2D eigenvalue weighted by Gasteiger charge is -2.51. The van der Waals surface area contributed by atoms with Crippen LogP contribution in [-0.2, 0) is 14.2 Å².